The van der Waals surface area contributed by atoms with E-state index in [1.165, 1.54) is 0 Å². The Morgan fingerprint density at radius 1 is 1.39 bits per heavy atom. The SMILES string of the molecule is Cc1nn(CC(C)C)c(C)c1CC(=O)NCC1CCS(=O)(=O)C1. The van der Waals surface area contributed by atoms with Gasteiger partial charge in [-0.3, -0.25) is 9.48 Å². The highest BCUT2D eigenvalue weighted by atomic mass is 32.2. The van der Waals surface area contributed by atoms with Gasteiger partial charge in [0, 0.05) is 24.3 Å². The third-order valence-corrected chi connectivity index (χ3v) is 6.16. The first-order valence-corrected chi connectivity index (χ1v) is 10.00. The molecule has 0 aliphatic carbocycles. The van der Waals surface area contributed by atoms with Crippen LogP contribution in [0.3, 0.4) is 0 Å². The maximum Gasteiger partial charge on any atom is 0.224 e. The largest absolute Gasteiger partial charge is 0.356 e. The van der Waals surface area contributed by atoms with Crippen LogP contribution in [0.1, 0.15) is 37.2 Å². The Kier molecular flexibility index (Phi) is 5.49. The van der Waals surface area contributed by atoms with E-state index < -0.39 is 9.84 Å². The molecule has 23 heavy (non-hydrogen) atoms. The van der Waals surface area contributed by atoms with Crippen molar-refractivity contribution < 1.29 is 13.2 Å². The molecule has 6 nitrogen and oxygen atoms in total. The maximum atomic E-state index is 12.2. The fourth-order valence-electron chi connectivity index (χ4n) is 3.03. The monoisotopic (exact) mass is 341 g/mol. The Morgan fingerprint density at radius 2 is 2.09 bits per heavy atom. The second kappa shape index (κ2) is 7.03. The predicted octanol–water partition coefficient (Wildman–Crippen LogP) is 1.25. The van der Waals surface area contributed by atoms with Crippen LogP contribution in [0.15, 0.2) is 0 Å². The fraction of sp³-hybridized carbons (Fsp3) is 0.750. The van der Waals surface area contributed by atoms with Crippen LogP contribution in [0.2, 0.25) is 0 Å². The third-order valence-electron chi connectivity index (χ3n) is 4.32. The summed E-state index contributed by atoms with van der Waals surface area (Å²) < 4.78 is 24.8. The minimum Gasteiger partial charge on any atom is -0.356 e. The highest BCUT2D eigenvalue weighted by Gasteiger charge is 2.28. The lowest BCUT2D eigenvalue weighted by Gasteiger charge is -2.10. The number of aromatic nitrogens is 2. The van der Waals surface area contributed by atoms with E-state index in [0.717, 1.165) is 23.5 Å². The summed E-state index contributed by atoms with van der Waals surface area (Å²) in [6.07, 6.45) is 0.947. The predicted molar refractivity (Wildman–Crippen MR) is 90.0 cm³/mol. The number of carbonyl (C=O) groups excluding carboxylic acids is 1. The van der Waals surface area contributed by atoms with Gasteiger partial charge in [-0.2, -0.15) is 5.10 Å². The van der Waals surface area contributed by atoms with Gasteiger partial charge >= 0.3 is 0 Å². The number of aryl methyl sites for hydroxylation is 1. The standard InChI is InChI=1S/C16H27N3O3S/c1-11(2)9-19-13(4)15(12(3)18-19)7-16(20)17-8-14-5-6-23(21,22)10-14/h11,14H,5-10H2,1-4H3,(H,17,20). The van der Waals surface area contributed by atoms with Gasteiger partial charge in [0.1, 0.15) is 0 Å². The Hall–Kier alpha value is -1.37. The van der Waals surface area contributed by atoms with Crippen molar-refractivity contribution in [3.05, 3.63) is 17.0 Å². The molecule has 0 aromatic carbocycles. The normalized spacial score (nSPS) is 20.1. The zero-order chi connectivity index (χ0) is 17.2. The molecule has 1 unspecified atom stereocenters. The van der Waals surface area contributed by atoms with Crippen LogP contribution in [0.4, 0.5) is 0 Å². The first kappa shape index (κ1) is 18.0. The van der Waals surface area contributed by atoms with E-state index in [-0.39, 0.29) is 23.3 Å². The summed E-state index contributed by atoms with van der Waals surface area (Å²) in [6.45, 7) is 9.48. The molecule has 1 aliphatic rings. The number of nitrogens with zero attached hydrogens (tertiary/aromatic N) is 2. The molecule has 1 fully saturated rings. The summed E-state index contributed by atoms with van der Waals surface area (Å²) >= 11 is 0. The zero-order valence-electron chi connectivity index (χ0n) is 14.4. The van der Waals surface area contributed by atoms with E-state index >= 15 is 0 Å². The van der Waals surface area contributed by atoms with E-state index in [9.17, 15) is 13.2 Å². The Balaban J connectivity index is 1.92. The molecule has 1 aromatic rings. The quantitative estimate of drug-likeness (QED) is 0.844. The second-order valence-corrected chi connectivity index (χ2v) is 9.20. The molecule has 2 rings (SSSR count). The van der Waals surface area contributed by atoms with Gasteiger partial charge in [-0.1, -0.05) is 13.8 Å². The molecular weight excluding hydrogens is 314 g/mol. The van der Waals surface area contributed by atoms with Gasteiger partial charge in [-0.25, -0.2) is 8.42 Å². The minimum atomic E-state index is -2.89. The third kappa shape index (κ3) is 4.80. The average Bonchev–Trinajstić information content (AvgIpc) is 2.90. The van der Waals surface area contributed by atoms with Gasteiger partial charge in [-0.05, 0) is 32.1 Å². The molecule has 130 valence electrons. The molecule has 1 aromatic heterocycles. The molecule has 1 saturated heterocycles. The van der Waals surface area contributed by atoms with Gasteiger partial charge in [0.25, 0.3) is 0 Å². The molecule has 0 bridgehead atoms. The lowest BCUT2D eigenvalue weighted by molar-refractivity contribution is -0.120. The molecule has 0 radical (unpaired) electrons. The van der Waals surface area contributed by atoms with E-state index in [4.69, 9.17) is 0 Å². The van der Waals surface area contributed by atoms with Crippen LogP contribution in [-0.2, 0) is 27.6 Å². The van der Waals surface area contributed by atoms with Crippen molar-refractivity contribution in [3.63, 3.8) is 0 Å². The summed E-state index contributed by atoms with van der Waals surface area (Å²) in [6, 6.07) is 0. The lowest BCUT2D eigenvalue weighted by atomic mass is 10.1. The van der Waals surface area contributed by atoms with Crippen LogP contribution >= 0.6 is 0 Å². The average molecular weight is 341 g/mol. The van der Waals surface area contributed by atoms with Crippen LogP contribution < -0.4 is 5.32 Å². The molecule has 1 atom stereocenters. The van der Waals surface area contributed by atoms with Crippen LogP contribution in [0.5, 0.6) is 0 Å². The number of sulfone groups is 1. The number of nitrogens with one attached hydrogen (secondary N) is 1. The number of amides is 1. The zero-order valence-corrected chi connectivity index (χ0v) is 15.2. The van der Waals surface area contributed by atoms with Crippen LogP contribution in [-0.4, -0.2) is 42.2 Å². The summed E-state index contributed by atoms with van der Waals surface area (Å²) in [4.78, 5) is 12.2. The summed E-state index contributed by atoms with van der Waals surface area (Å²) in [5.41, 5.74) is 2.90. The number of carbonyl (C=O) groups is 1. The van der Waals surface area contributed by atoms with Crippen molar-refractivity contribution in [2.24, 2.45) is 11.8 Å². The van der Waals surface area contributed by atoms with Gasteiger partial charge in [0.2, 0.25) is 5.91 Å². The van der Waals surface area contributed by atoms with Crippen LogP contribution in [0, 0.1) is 25.7 Å². The summed E-state index contributed by atoms with van der Waals surface area (Å²) in [5, 5.41) is 7.39. The van der Waals surface area contributed by atoms with Gasteiger partial charge in [0.15, 0.2) is 9.84 Å². The molecule has 1 amide bonds. The first-order valence-electron chi connectivity index (χ1n) is 8.18. The summed E-state index contributed by atoms with van der Waals surface area (Å²) in [7, 11) is -2.89. The number of hydrogen-bond acceptors (Lipinski definition) is 4. The molecule has 0 saturated carbocycles. The van der Waals surface area contributed by atoms with Crippen molar-refractivity contribution >= 4 is 15.7 Å². The summed E-state index contributed by atoms with van der Waals surface area (Å²) in [5.74, 6) is 0.921. The molecule has 1 aliphatic heterocycles. The fourth-order valence-corrected chi connectivity index (χ4v) is 4.89. The molecule has 7 heteroatoms. The van der Waals surface area contributed by atoms with E-state index in [1.807, 2.05) is 18.5 Å². The van der Waals surface area contributed by atoms with Gasteiger partial charge in [-0.15, -0.1) is 0 Å². The Morgan fingerprint density at radius 3 is 2.65 bits per heavy atom. The molecule has 1 N–H and O–H groups in total. The lowest BCUT2D eigenvalue weighted by Crippen LogP contribution is -2.31. The molecule has 0 spiro atoms. The van der Waals surface area contributed by atoms with Crippen LogP contribution in [0.25, 0.3) is 0 Å². The maximum absolute atomic E-state index is 12.2. The van der Waals surface area contributed by atoms with Crippen molar-refractivity contribution in [2.75, 3.05) is 18.1 Å². The van der Waals surface area contributed by atoms with Crippen molar-refractivity contribution in [1.82, 2.24) is 15.1 Å². The molecular formula is C16H27N3O3S. The van der Waals surface area contributed by atoms with Crippen molar-refractivity contribution in [2.45, 2.75) is 47.1 Å². The second-order valence-electron chi connectivity index (χ2n) is 6.98. The van der Waals surface area contributed by atoms with Crippen molar-refractivity contribution in [1.29, 1.82) is 0 Å². The van der Waals surface area contributed by atoms with Crippen molar-refractivity contribution in [3.8, 4) is 0 Å². The minimum absolute atomic E-state index is 0.0507. The number of rotatable bonds is 6. The Bertz CT molecular complexity index is 677. The molecule has 2 heterocycles. The first-order chi connectivity index (χ1) is 10.7. The Labute approximate surface area is 138 Å². The van der Waals surface area contributed by atoms with Gasteiger partial charge in [0.05, 0.1) is 23.6 Å². The van der Waals surface area contributed by atoms with Gasteiger partial charge < -0.3 is 5.32 Å². The number of hydrogen-bond donors (Lipinski definition) is 1. The highest BCUT2D eigenvalue weighted by molar-refractivity contribution is 7.91. The van der Waals surface area contributed by atoms with E-state index in [1.54, 1.807) is 0 Å². The van der Waals surface area contributed by atoms with E-state index in [2.05, 4.69) is 24.3 Å². The van der Waals surface area contributed by atoms with E-state index in [0.29, 0.717) is 25.3 Å². The topological polar surface area (TPSA) is 81.1 Å². The smallest absolute Gasteiger partial charge is 0.224 e. The highest BCUT2D eigenvalue weighted by Crippen LogP contribution is 2.18.